The summed E-state index contributed by atoms with van der Waals surface area (Å²) in [4.78, 5) is 12.8. The molecule has 4 rings (SSSR count). The van der Waals surface area contributed by atoms with Gasteiger partial charge in [0.1, 0.15) is 0 Å². The molecule has 3 heterocycles. The van der Waals surface area contributed by atoms with E-state index in [0.29, 0.717) is 11.9 Å². The van der Waals surface area contributed by atoms with Gasteiger partial charge in [-0.1, -0.05) is 0 Å². The number of nitrogens with zero attached hydrogens (tertiary/aromatic N) is 4. The van der Waals surface area contributed by atoms with Crippen molar-refractivity contribution in [3.63, 3.8) is 0 Å². The fourth-order valence-corrected chi connectivity index (χ4v) is 3.88. The summed E-state index contributed by atoms with van der Waals surface area (Å²) in [5.74, 6) is 1.75. The largest absolute Gasteiger partial charge is 0.381 e. The number of likely N-dealkylation sites (N-methyl/N-ethyl adjacent to an activating group) is 1. The van der Waals surface area contributed by atoms with Gasteiger partial charge in [0.25, 0.3) is 0 Å². The first-order chi connectivity index (χ1) is 11.1. The van der Waals surface area contributed by atoms with Crippen LogP contribution in [0.1, 0.15) is 25.7 Å². The third-order valence-corrected chi connectivity index (χ3v) is 5.62. The number of piperidine rings is 1. The maximum absolute atomic E-state index is 12.9. The SMILES string of the molecule is CN1CC[C@@H](COCC2CC2)CC12CN(c1ncc(F)cn1)C2. The molecule has 2 aliphatic heterocycles. The molecule has 1 aromatic heterocycles. The molecular weight excluding hydrogens is 295 g/mol. The van der Waals surface area contributed by atoms with E-state index in [2.05, 4.69) is 26.8 Å². The number of aromatic nitrogens is 2. The highest BCUT2D eigenvalue weighted by Crippen LogP contribution is 2.39. The number of rotatable bonds is 5. The third kappa shape index (κ3) is 3.19. The Morgan fingerprint density at radius 1 is 1.17 bits per heavy atom. The Morgan fingerprint density at radius 2 is 1.87 bits per heavy atom. The number of likely N-dealkylation sites (tertiary alicyclic amines) is 1. The van der Waals surface area contributed by atoms with Gasteiger partial charge >= 0.3 is 0 Å². The monoisotopic (exact) mass is 320 g/mol. The van der Waals surface area contributed by atoms with Crippen molar-refractivity contribution in [1.82, 2.24) is 14.9 Å². The van der Waals surface area contributed by atoms with Crippen LogP contribution in [-0.4, -0.2) is 60.3 Å². The Morgan fingerprint density at radius 3 is 2.57 bits per heavy atom. The lowest BCUT2D eigenvalue weighted by molar-refractivity contribution is -0.0140. The molecule has 1 aliphatic carbocycles. The number of ether oxygens (including phenoxy) is 1. The van der Waals surface area contributed by atoms with Gasteiger partial charge in [-0.2, -0.15) is 0 Å². The second-order valence-corrected chi connectivity index (χ2v) is 7.54. The lowest BCUT2D eigenvalue weighted by atomic mass is 9.75. The van der Waals surface area contributed by atoms with Gasteiger partial charge in [-0.15, -0.1) is 0 Å². The van der Waals surface area contributed by atoms with Crippen molar-refractivity contribution in [3.8, 4) is 0 Å². The summed E-state index contributed by atoms with van der Waals surface area (Å²) in [6.07, 6.45) is 7.58. The van der Waals surface area contributed by atoms with Crippen LogP contribution in [-0.2, 0) is 4.74 Å². The first kappa shape index (κ1) is 15.3. The number of hydrogen-bond acceptors (Lipinski definition) is 5. The molecule has 0 radical (unpaired) electrons. The van der Waals surface area contributed by atoms with Crippen LogP contribution >= 0.6 is 0 Å². The molecule has 0 N–H and O–H groups in total. The zero-order valence-corrected chi connectivity index (χ0v) is 13.7. The second kappa shape index (κ2) is 5.98. The van der Waals surface area contributed by atoms with Crippen molar-refractivity contribution in [3.05, 3.63) is 18.2 Å². The Balaban J connectivity index is 1.32. The Labute approximate surface area is 136 Å². The quantitative estimate of drug-likeness (QED) is 0.829. The minimum absolute atomic E-state index is 0.212. The van der Waals surface area contributed by atoms with E-state index in [-0.39, 0.29) is 11.4 Å². The van der Waals surface area contributed by atoms with Crippen molar-refractivity contribution in [1.29, 1.82) is 0 Å². The summed E-state index contributed by atoms with van der Waals surface area (Å²) >= 11 is 0. The number of anilines is 1. The van der Waals surface area contributed by atoms with Gasteiger partial charge < -0.3 is 9.64 Å². The van der Waals surface area contributed by atoms with Crippen molar-refractivity contribution in [2.24, 2.45) is 11.8 Å². The predicted octanol–water partition coefficient (Wildman–Crippen LogP) is 1.94. The summed E-state index contributed by atoms with van der Waals surface area (Å²) in [7, 11) is 2.21. The van der Waals surface area contributed by atoms with Crippen LogP contribution in [0.25, 0.3) is 0 Å². The first-order valence-electron chi connectivity index (χ1n) is 8.66. The Hall–Kier alpha value is -1.27. The predicted molar refractivity (Wildman–Crippen MR) is 85.8 cm³/mol. The summed E-state index contributed by atoms with van der Waals surface area (Å²) in [6, 6.07) is 0. The molecule has 1 spiro atoms. The van der Waals surface area contributed by atoms with E-state index in [1.54, 1.807) is 0 Å². The molecule has 0 aromatic carbocycles. The van der Waals surface area contributed by atoms with Crippen LogP contribution in [0, 0.1) is 17.7 Å². The van der Waals surface area contributed by atoms with Crippen LogP contribution in [0.15, 0.2) is 12.4 Å². The molecule has 0 bridgehead atoms. The van der Waals surface area contributed by atoms with Crippen molar-refractivity contribution in [2.45, 2.75) is 31.2 Å². The van der Waals surface area contributed by atoms with Gasteiger partial charge in [0.05, 0.1) is 17.9 Å². The lowest BCUT2D eigenvalue weighted by Gasteiger charge is -2.58. The minimum Gasteiger partial charge on any atom is -0.381 e. The maximum Gasteiger partial charge on any atom is 0.225 e. The third-order valence-electron chi connectivity index (χ3n) is 5.62. The van der Waals surface area contributed by atoms with Crippen molar-refractivity contribution < 1.29 is 9.13 Å². The van der Waals surface area contributed by atoms with Gasteiger partial charge in [-0.05, 0) is 51.1 Å². The lowest BCUT2D eigenvalue weighted by Crippen LogP contribution is -2.72. The van der Waals surface area contributed by atoms with Gasteiger partial charge in [0.15, 0.2) is 5.82 Å². The topological polar surface area (TPSA) is 41.5 Å². The standard InChI is InChI=1S/C17H25FN4O/c1-21-5-4-14(10-23-9-13-2-3-13)6-17(21)11-22(12-17)16-19-7-15(18)8-20-16/h7-8,13-14H,2-6,9-12H2,1H3/t14-/m1/s1. The number of halogens is 1. The molecule has 2 saturated heterocycles. The molecule has 5 nitrogen and oxygen atoms in total. The fraction of sp³-hybridized carbons (Fsp3) is 0.765. The van der Waals surface area contributed by atoms with Gasteiger partial charge in [0.2, 0.25) is 5.95 Å². The molecule has 126 valence electrons. The molecule has 1 saturated carbocycles. The minimum atomic E-state index is -0.383. The van der Waals surface area contributed by atoms with E-state index < -0.39 is 0 Å². The summed E-state index contributed by atoms with van der Waals surface area (Å²) < 4.78 is 18.9. The van der Waals surface area contributed by atoms with E-state index in [1.165, 1.54) is 38.1 Å². The van der Waals surface area contributed by atoms with Crippen LogP contribution in [0.2, 0.25) is 0 Å². The average molecular weight is 320 g/mol. The molecule has 3 fully saturated rings. The van der Waals surface area contributed by atoms with Crippen molar-refractivity contribution >= 4 is 5.95 Å². The Kier molecular flexibility index (Phi) is 3.97. The maximum atomic E-state index is 12.9. The zero-order valence-electron chi connectivity index (χ0n) is 13.7. The molecule has 23 heavy (non-hydrogen) atoms. The van der Waals surface area contributed by atoms with E-state index in [4.69, 9.17) is 4.74 Å². The van der Waals surface area contributed by atoms with E-state index in [1.807, 2.05) is 0 Å². The van der Waals surface area contributed by atoms with Crippen LogP contribution in [0.3, 0.4) is 0 Å². The smallest absolute Gasteiger partial charge is 0.225 e. The normalized spacial score (nSPS) is 27.2. The fourth-order valence-electron chi connectivity index (χ4n) is 3.88. The molecule has 1 aromatic rings. The summed E-state index contributed by atoms with van der Waals surface area (Å²) in [5.41, 5.74) is 0.212. The second-order valence-electron chi connectivity index (χ2n) is 7.54. The highest BCUT2D eigenvalue weighted by atomic mass is 19.1. The van der Waals surface area contributed by atoms with Crippen molar-refractivity contribution in [2.75, 3.05) is 44.8 Å². The van der Waals surface area contributed by atoms with Gasteiger partial charge in [-0.3, -0.25) is 4.90 Å². The van der Waals surface area contributed by atoms with Gasteiger partial charge in [-0.25, -0.2) is 14.4 Å². The number of hydrogen-bond donors (Lipinski definition) is 0. The van der Waals surface area contributed by atoms with Gasteiger partial charge in [0, 0.05) is 26.3 Å². The zero-order chi connectivity index (χ0) is 15.9. The molecule has 0 amide bonds. The molecule has 1 atom stereocenters. The van der Waals surface area contributed by atoms with E-state index in [9.17, 15) is 4.39 Å². The average Bonchev–Trinajstić information content (AvgIpc) is 3.32. The van der Waals surface area contributed by atoms with E-state index >= 15 is 0 Å². The van der Waals surface area contributed by atoms with Crippen LogP contribution in [0.5, 0.6) is 0 Å². The van der Waals surface area contributed by atoms with Crippen LogP contribution in [0.4, 0.5) is 10.3 Å². The molecule has 0 unspecified atom stereocenters. The first-order valence-corrected chi connectivity index (χ1v) is 8.66. The Bertz CT molecular complexity index is 542. The molecular formula is C17H25FN4O. The van der Waals surface area contributed by atoms with Crippen LogP contribution < -0.4 is 4.90 Å². The molecule has 3 aliphatic rings. The highest BCUT2D eigenvalue weighted by Gasteiger charge is 2.50. The van der Waals surface area contributed by atoms with E-state index in [0.717, 1.165) is 38.8 Å². The summed E-state index contributed by atoms with van der Waals surface area (Å²) in [6.45, 7) is 4.83. The highest BCUT2D eigenvalue weighted by molar-refractivity contribution is 5.38. The summed E-state index contributed by atoms with van der Waals surface area (Å²) in [5, 5.41) is 0. The molecule has 6 heteroatoms.